The number of pyridine rings is 1. The number of nitrogens with zero attached hydrogens (tertiary/aromatic N) is 2. The third-order valence-electron chi connectivity index (χ3n) is 3.06. The molecule has 0 saturated carbocycles. The molecule has 1 amide bonds. The predicted octanol–water partition coefficient (Wildman–Crippen LogP) is 2.98. The molecule has 4 nitrogen and oxygen atoms in total. The van der Waals surface area contributed by atoms with E-state index in [9.17, 15) is 4.79 Å². The highest BCUT2D eigenvalue weighted by atomic mass is 32.2. The molecular formula is C14H11N3OS2. The number of hydrogen-bond donors (Lipinski definition) is 1. The van der Waals surface area contributed by atoms with Gasteiger partial charge in [0.1, 0.15) is 17.1 Å². The molecule has 1 N–H and O–H groups in total. The van der Waals surface area contributed by atoms with Crippen molar-refractivity contribution >= 4 is 34.8 Å². The molecule has 2 aromatic rings. The van der Waals surface area contributed by atoms with Crippen molar-refractivity contribution in [2.75, 3.05) is 11.1 Å². The molecule has 1 aliphatic heterocycles. The van der Waals surface area contributed by atoms with Gasteiger partial charge in [-0.25, -0.2) is 4.98 Å². The number of carbonyl (C=O) groups is 1. The Balaban J connectivity index is 1.76. The Morgan fingerprint density at radius 2 is 2.35 bits per heavy atom. The van der Waals surface area contributed by atoms with Gasteiger partial charge < -0.3 is 5.32 Å². The summed E-state index contributed by atoms with van der Waals surface area (Å²) in [6.45, 7) is 0. The lowest BCUT2D eigenvalue weighted by atomic mass is 10.1. The summed E-state index contributed by atoms with van der Waals surface area (Å²) in [5.41, 5.74) is 1.60. The molecule has 3 rings (SSSR count). The topological polar surface area (TPSA) is 65.8 Å². The molecule has 20 heavy (non-hydrogen) atoms. The van der Waals surface area contributed by atoms with Crippen LogP contribution < -0.4 is 5.32 Å². The van der Waals surface area contributed by atoms with Gasteiger partial charge in [-0.15, -0.1) is 23.1 Å². The second kappa shape index (κ2) is 5.65. The number of aromatic nitrogens is 1. The molecule has 0 fully saturated rings. The summed E-state index contributed by atoms with van der Waals surface area (Å²) in [6, 6.07) is 7.33. The molecule has 0 radical (unpaired) electrons. The highest BCUT2D eigenvalue weighted by Gasteiger charge is 2.28. The van der Waals surface area contributed by atoms with Crippen LogP contribution in [0.25, 0.3) is 0 Å². The van der Waals surface area contributed by atoms with Gasteiger partial charge in [0.15, 0.2) is 0 Å². The first kappa shape index (κ1) is 13.2. The van der Waals surface area contributed by atoms with Crippen molar-refractivity contribution in [2.24, 2.45) is 0 Å². The first-order chi connectivity index (χ1) is 9.78. The molecule has 0 spiro atoms. The van der Waals surface area contributed by atoms with Gasteiger partial charge in [-0.1, -0.05) is 0 Å². The molecule has 3 heterocycles. The molecule has 0 aromatic carbocycles. The van der Waals surface area contributed by atoms with Crippen molar-refractivity contribution in [1.29, 1.82) is 5.26 Å². The average Bonchev–Trinajstić information content (AvgIpc) is 2.96. The van der Waals surface area contributed by atoms with Gasteiger partial charge in [-0.3, -0.25) is 4.79 Å². The van der Waals surface area contributed by atoms with E-state index in [1.54, 1.807) is 35.2 Å². The molecule has 1 atom stereocenters. The summed E-state index contributed by atoms with van der Waals surface area (Å²) in [6.07, 6.45) is 2.50. The zero-order valence-corrected chi connectivity index (χ0v) is 12.1. The van der Waals surface area contributed by atoms with Crippen molar-refractivity contribution in [3.8, 4) is 6.07 Å². The molecule has 100 valence electrons. The van der Waals surface area contributed by atoms with Crippen LogP contribution in [-0.4, -0.2) is 16.6 Å². The molecule has 0 bridgehead atoms. The van der Waals surface area contributed by atoms with Crippen LogP contribution in [0.4, 0.5) is 5.82 Å². The van der Waals surface area contributed by atoms with Gasteiger partial charge in [-0.2, -0.15) is 5.26 Å². The Morgan fingerprint density at radius 1 is 1.45 bits per heavy atom. The lowest BCUT2D eigenvalue weighted by Gasteiger charge is -2.21. The predicted molar refractivity (Wildman–Crippen MR) is 80.8 cm³/mol. The van der Waals surface area contributed by atoms with E-state index in [1.807, 2.05) is 17.5 Å². The van der Waals surface area contributed by atoms with E-state index in [0.717, 1.165) is 17.7 Å². The van der Waals surface area contributed by atoms with E-state index in [0.29, 0.717) is 11.4 Å². The van der Waals surface area contributed by atoms with Crippen LogP contribution in [0.3, 0.4) is 0 Å². The normalized spacial score (nSPS) is 17.1. The number of rotatable bonds is 2. The van der Waals surface area contributed by atoms with Crippen LogP contribution in [0.1, 0.15) is 21.3 Å². The zero-order valence-electron chi connectivity index (χ0n) is 10.5. The average molecular weight is 301 g/mol. The second-order valence-electron chi connectivity index (χ2n) is 4.33. The summed E-state index contributed by atoms with van der Waals surface area (Å²) >= 11 is 3.37. The number of hydrogen-bond acceptors (Lipinski definition) is 5. The fourth-order valence-electron chi connectivity index (χ4n) is 2.09. The van der Waals surface area contributed by atoms with E-state index in [4.69, 9.17) is 5.26 Å². The van der Waals surface area contributed by atoms with Crippen LogP contribution in [0, 0.1) is 11.3 Å². The number of carbonyl (C=O) groups excluding carboxylic acids is 1. The standard InChI is InChI=1S/C14H11N3OS2/c15-7-9-1-2-12(16-8-9)17-14(18)13-10-3-5-19-11(10)4-6-20-13/h1-3,5,8,13H,4,6H2,(H,16,17,18)/t13-/m1/s1. The SMILES string of the molecule is N#Cc1ccc(NC(=O)[C@@H]2SCCc3sccc32)nc1. The third-order valence-corrected chi connectivity index (χ3v) is 5.30. The Morgan fingerprint density at radius 3 is 3.10 bits per heavy atom. The van der Waals surface area contributed by atoms with Crippen molar-refractivity contribution in [1.82, 2.24) is 4.98 Å². The van der Waals surface area contributed by atoms with Crippen LogP contribution in [0.15, 0.2) is 29.8 Å². The summed E-state index contributed by atoms with van der Waals surface area (Å²) in [5, 5.41) is 13.4. The number of thioether (sulfide) groups is 1. The lowest BCUT2D eigenvalue weighted by molar-refractivity contribution is -0.115. The summed E-state index contributed by atoms with van der Waals surface area (Å²) in [5.74, 6) is 1.40. The molecular weight excluding hydrogens is 290 g/mol. The minimum atomic E-state index is -0.164. The van der Waals surface area contributed by atoms with Crippen molar-refractivity contribution in [3.05, 3.63) is 45.8 Å². The summed E-state index contributed by atoms with van der Waals surface area (Å²) in [7, 11) is 0. The summed E-state index contributed by atoms with van der Waals surface area (Å²) < 4.78 is 0. The zero-order chi connectivity index (χ0) is 13.9. The number of nitriles is 1. The molecule has 0 saturated heterocycles. The number of amides is 1. The fourth-order valence-corrected chi connectivity index (χ4v) is 4.38. The van der Waals surface area contributed by atoms with E-state index in [2.05, 4.69) is 10.3 Å². The van der Waals surface area contributed by atoms with Gasteiger partial charge in [0.25, 0.3) is 0 Å². The van der Waals surface area contributed by atoms with Gasteiger partial charge in [0.2, 0.25) is 5.91 Å². The van der Waals surface area contributed by atoms with E-state index >= 15 is 0 Å². The smallest absolute Gasteiger partial charge is 0.243 e. The van der Waals surface area contributed by atoms with E-state index in [-0.39, 0.29) is 11.2 Å². The van der Waals surface area contributed by atoms with Crippen LogP contribution in [0.5, 0.6) is 0 Å². The lowest BCUT2D eigenvalue weighted by Crippen LogP contribution is -2.22. The van der Waals surface area contributed by atoms with E-state index in [1.165, 1.54) is 11.1 Å². The molecule has 1 aliphatic rings. The van der Waals surface area contributed by atoms with Crippen LogP contribution in [0.2, 0.25) is 0 Å². The number of anilines is 1. The summed E-state index contributed by atoms with van der Waals surface area (Å²) in [4.78, 5) is 17.7. The minimum absolute atomic E-state index is 0.0495. The maximum Gasteiger partial charge on any atom is 0.243 e. The maximum absolute atomic E-state index is 12.4. The third kappa shape index (κ3) is 2.55. The van der Waals surface area contributed by atoms with Crippen molar-refractivity contribution in [3.63, 3.8) is 0 Å². The number of aryl methyl sites for hydroxylation is 1. The van der Waals surface area contributed by atoms with Gasteiger partial charge in [-0.05, 0) is 41.3 Å². The number of thiophene rings is 1. The second-order valence-corrected chi connectivity index (χ2v) is 6.55. The quantitative estimate of drug-likeness (QED) is 0.926. The maximum atomic E-state index is 12.4. The fraction of sp³-hybridized carbons (Fsp3) is 0.214. The van der Waals surface area contributed by atoms with Crippen molar-refractivity contribution < 1.29 is 4.79 Å². The van der Waals surface area contributed by atoms with Crippen LogP contribution in [-0.2, 0) is 11.2 Å². The molecule has 0 unspecified atom stereocenters. The van der Waals surface area contributed by atoms with Crippen LogP contribution >= 0.6 is 23.1 Å². The largest absolute Gasteiger partial charge is 0.309 e. The Labute approximate surface area is 124 Å². The molecule has 0 aliphatic carbocycles. The minimum Gasteiger partial charge on any atom is -0.309 e. The first-order valence-electron chi connectivity index (χ1n) is 6.13. The Kier molecular flexibility index (Phi) is 3.72. The van der Waals surface area contributed by atoms with E-state index < -0.39 is 0 Å². The number of fused-ring (bicyclic) bond motifs is 1. The Bertz CT molecular complexity index is 672. The molecule has 6 heteroatoms. The van der Waals surface area contributed by atoms with Gasteiger partial charge >= 0.3 is 0 Å². The highest BCUT2D eigenvalue weighted by molar-refractivity contribution is 8.00. The van der Waals surface area contributed by atoms with Gasteiger partial charge in [0.05, 0.1) is 5.56 Å². The molecule has 2 aromatic heterocycles. The van der Waals surface area contributed by atoms with Gasteiger partial charge in [0, 0.05) is 11.1 Å². The highest BCUT2D eigenvalue weighted by Crippen LogP contribution is 2.39. The monoisotopic (exact) mass is 301 g/mol. The first-order valence-corrected chi connectivity index (χ1v) is 8.05. The number of nitrogens with one attached hydrogen (secondary N) is 1. The van der Waals surface area contributed by atoms with Crippen molar-refractivity contribution in [2.45, 2.75) is 11.7 Å². The Hall–Kier alpha value is -1.84.